The zero-order valence-corrected chi connectivity index (χ0v) is 9.21. The van der Waals surface area contributed by atoms with Crippen LogP contribution >= 0.6 is 0 Å². The van der Waals surface area contributed by atoms with Gasteiger partial charge in [-0.15, -0.1) is 0 Å². The highest BCUT2D eigenvalue weighted by atomic mass is 14.9. The summed E-state index contributed by atoms with van der Waals surface area (Å²) in [5.74, 6) is 0.892. The van der Waals surface area contributed by atoms with Gasteiger partial charge in [0.15, 0.2) is 0 Å². The van der Waals surface area contributed by atoms with E-state index in [4.69, 9.17) is 0 Å². The minimum absolute atomic E-state index is 0.843. The third kappa shape index (κ3) is 2.60. The molecule has 0 spiro atoms. The Hall–Kier alpha value is -0.820. The van der Waals surface area contributed by atoms with E-state index in [9.17, 15) is 0 Å². The first-order valence-electron chi connectivity index (χ1n) is 6.24. The Kier molecular flexibility index (Phi) is 2.49. The summed E-state index contributed by atoms with van der Waals surface area (Å²) in [6.07, 6.45) is 6.77. The molecule has 0 bridgehead atoms. The Labute approximate surface area is 91.9 Å². The van der Waals surface area contributed by atoms with Crippen LogP contribution in [0.3, 0.4) is 0 Å². The molecule has 1 heteroatoms. The third-order valence-corrected chi connectivity index (χ3v) is 3.45. The average molecular weight is 201 g/mol. The second-order valence-electron chi connectivity index (χ2n) is 4.99. The van der Waals surface area contributed by atoms with Gasteiger partial charge in [-0.25, -0.2) is 0 Å². The van der Waals surface area contributed by atoms with Crippen molar-refractivity contribution in [1.29, 1.82) is 0 Å². The average Bonchev–Trinajstić information content (AvgIpc) is 3.14. The van der Waals surface area contributed by atoms with Crippen LogP contribution < -0.4 is 5.32 Å². The lowest BCUT2D eigenvalue weighted by atomic mass is 10.1. The highest BCUT2D eigenvalue weighted by molar-refractivity contribution is 5.28. The monoisotopic (exact) mass is 201 g/mol. The van der Waals surface area contributed by atoms with E-state index < -0.39 is 0 Å². The van der Waals surface area contributed by atoms with Crippen LogP contribution in [0, 0.1) is 0 Å². The molecular formula is C14H19N. The third-order valence-electron chi connectivity index (χ3n) is 3.45. The molecule has 1 N–H and O–H groups in total. The summed E-state index contributed by atoms with van der Waals surface area (Å²) in [5, 5.41) is 3.55. The molecule has 2 fully saturated rings. The highest BCUT2D eigenvalue weighted by Gasteiger charge is 2.23. The van der Waals surface area contributed by atoms with Gasteiger partial charge >= 0.3 is 0 Å². The van der Waals surface area contributed by atoms with E-state index in [2.05, 4.69) is 29.6 Å². The minimum Gasteiger partial charge on any atom is -0.314 e. The summed E-state index contributed by atoms with van der Waals surface area (Å²) in [5.41, 5.74) is 3.03. The second-order valence-corrected chi connectivity index (χ2v) is 4.99. The predicted molar refractivity (Wildman–Crippen MR) is 63.1 cm³/mol. The molecule has 0 aromatic heterocycles. The van der Waals surface area contributed by atoms with E-state index in [1.807, 2.05) is 0 Å². The molecule has 0 unspecified atom stereocenters. The van der Waals surface area contributed by atoms with Crippen molar-refractivity contribution in [2.75, 3.05) is 6.54 Å². The maximum Gasteiger partial charge on any atom is 0.00683 e. The topological polar surface area (TPSA) is 12.0 Å². The van der Waals surface area contributed by atoms with Crippen LogP contribution in [0.15, 0.2) is 24.3 Å². The van der Waals surface area contributed by atoms with Gasteiger partial charge in [-0.05, 0) is 55.7 Å². The molecule has 0 aliphatic heterocycles. The Bertz CT molecular complexity index is 320. The van der Waals surface area contributed by atoms with Gasteiger partial charge in [0.2, 0.25) is 0 Å². The van der Waals surface area contributed by atoms with Gasteiger partial charge in [0.25, 0.3) is 0 Å². The van der Waals surface area contributed by atoms with E-state index in [1.54, 1.807) is 5.56 Å². The number of hydrogen-bond acceptors (Lipinski definition) is 1. The van der Waals surface area contributed by atoms with Crippen LogP contribution in [-0.4, -0.2) is 12.6 Å². The van der Waals surface area contributed by atoms with Crippen molar-refractivity contribution in [3.05, 3.63) is 35.4 Å². The molecule has 1 nitrogen and oxygen atoms in total. The fourth-order valence-corrected chi connectivity index (χ4v) is 2.08. The van der Waals surface area contributed by atoms with E-state index in [0.717, 1.165) is 18.5 Å². The fourth-order valence-electron chi connectivity index (χ4n) is 2.08. The normalized spacial score (nSPS) is 20.5. The molecule has 0 heterocycles. The Morgan fingerprint density at radius 3 is 2.33 bits per heavy atom. The van der Waals surface area contributed by atoms with Gasteiger partial charge in [-0.2, -0.15) is 0 Å². The molecule has 15 heavy (non-hydrogen) atoms. The van der Waals surface area contributed by atoms with Crippen molar-refractivity contribution >= 4 is 0 Å². The van der Waals surface area contributed by atoms with Crippen molar-refractivity contribution in [1.82, 2.24) is 5.32 Å². The molecule has 2 aliphatic rings. The number of benzene rings is 1. The number of rotatable bonds is 5. The maximum absolute atomic E-state index is 3.55. The van der Waals surface area contributed by atoms with E-state index >= 15 is 0 Å². The summed E-state index contributed by atoms with van der Waals surface area (Å²) >= 11 is 0. The van der Waals surface area contributed by atoms with Gasteiger partial charge in [-0.3, -0.25) is 0 Å². The molecule has 3 rings (SSSR count). The van der Waals surface area contributed by atoms with Crippen LogP contribution in [0.5, 0.6) is 0 Å². The van der Waals surface area contributed by atoms with Crippen LogP contribution in [0.1, 0.15) is 42.7 Å². The molecule has 2 saturated carbocycles. The van der Waals surface area contributed by atoms with Crippen molar-refractivity contribution in [3.8, 4) is 0 Å². The lowest BCUT2D eigenvalue weighted by Gasteiger charge is -2.04. The molecule has 0 atom stereocenters. The van der Waals surface area contributed by atoms with Crippen molar-refractivity contribution in [2.24, 2.45) is 0 Å². The first-order chi connectivity index (χ1) is 7.42. The second kappa shape index (κ2) is 3.97. The quantitative estimate of drug-likeness (QED) is 0.772. The molecule has 0 saturated heterocycles. The zero-order valence-electron chi connectivity index (χ0n) is 9.21. The van der Waals surface area contributed by atoms with Crippen molar-refractivity contribution in [3.63, 3.8) is 0 Å². The standard InChI is InChI=1S/C14H19N/c1-3-12(13-5-6-13)4-2-11(1)9-10-15-14-7-8-14/h1-4,13-15H,5-10H2. The summed E-state index contributed by atoms with van der Waals surface area (Å²) in [7, 11) is 0. The summed E-state index contributed by atoms with van der Waals surface area (Å²) in [4.78, 5) is 0. The largest absolute Gasteiger partial charge is 0.314 e. The summed E-state index contributed by atoms with van der Waals surface area (Å²) in [6.45, 7) is 1.15. The van der Waals surface area contributed by atoms with Gasteiger partial charge < -0.3 is 5.32 Å². The van der Waals surface area contributed by atoms with Crippen LogP contribution in [0.25, 0.3) is 0 Å². The summed E-state index contributed by atoms with van der Waals surface area (Å²) in [6, 6.07) is 10.1. The zero-order chi connectivity index (χ0) is 10.1. The SMILES string of the molecule is c1cc(C2CC2)ccc1CCNC1CC1. The lowest BCUT2D eigenvalue weighted by Crippen LogP contribution is -2.19. The minimum atomic E-state index is 0.843. The van der Waals surface area contributed by atoms with Crippen LogP contribution in [0.4, 0.5) is 0 Å². The fraction of sp³-hybridized carbons (Fsp3) is 0.571. The smallest absolute Gasteiger partial charge is 0.00683 e. The van der Waals surface area contributed by atoms with Gasteiger partial charge in [-0.1, -0.05) is 24.3 Å². The Morgan fingerprint density at radius 1 is 1.00 bits per heavy atom. The van der Waals surface area contributed by atoms with Crippen molar-refractivity contribution in [2.45, 2.75) is 44.1 Å². The Morgan fingerprint density at radius 2 is 1.73 bits per heavy atom. The molecule has 80 valence electrons. The van der Waals surface area contributed by atoms with Gasteiger partial charge in [0.05, 0.1) is 0 Å². The molecular weight excluding hydrogens is 182 g/mol. The molecule has 2 aliphatic carbocycles. The highest BCUT2D eigenvalue weighted by Crippen LogP contribution is 2.39. The first-order valence-corrected chi connectivity index (χ1v) is 6.24. The number of nitrogens with one attached hydrogen (secondary N) is 1. The molecule has 1 aromatic rings. The lowest BCUT2D eigenvalue weighted by molar-refractivity contribution is 0.682. The molecule has 0 amide bonds. The molecule has 0 radical (unpaired) electrons. The van der Waals surface area contributed by atoms with E-state index in [0.29, 0.717) is 0 Å². The van der Waals surface area contributed by atoms with Crippen LogP contribution in [-0.2, 0) is 6.42 Å². The maximum atomic E-state index is 3.55. The van der Waals surface area contributed by atoms with E-state index in [-0.39, 0.29) is 0 Å². The van der Waals surface area contributed by atoms with Gasteiger partial charge in [0.1, 0.15) is 0 Å². The van der Waals surface area contributed by atoms with E-state index in [1.165, 1.54) is 37.7 Å². The predicted octanol–water partition coefficient (Wildman–Crippen LogP) is 2.86. The van der Waals surface area contributed by atoms with Crippen LogP contribution in [0.2, 0.25) is 0 Å². The number of hydrogen-bond donors (Lipinski definition) is 1. The van der Waals surface area contributed by atoms with Gasteiger partial charge in [0, 0.05) is 6.04 Å². The summed E-state index contributed by atoms with van der Waals surface area (Å²) < 4.78 is 0. The first kappa shape index (κ1) is 9.41. The Balaban J connectivity index is 1.50. The molecule has 1 aromatic carbocycles. The van der Waals surface area contributed by atoms with Crippen molar-refractivity contribution < 1.29 is 0 Å².